The van der Waals surface area contributed by atoms with Gasteiger partial charge in [0, 0.05) is 24.0 Å². The Morgan fingerprint density at radius 3 is 2.95 bits per heavy atom. The van der Waals surface area contributed by atoms with Crippen LogP contribution in [0.5, 0.6) is 0 Å². The summed E-state index contributed by atoms with van der Waals surface area (Å²) in [6.45, 7) is 5.11. The van der Waals surface area contributed by atoms with Crippen LogP contribution in [0, 0.1) is 5.92 Å². The predicted octanol–water partition coefficient (Wildman–Crippen LogP) is 1.87. The van der Waals surface area contributed by atoms with Crippen molar-refractivity contribution in [1.29, 1.82) is 0 Å². The average molecular weight is 313 g/mol. The van der Waals surface area contributed by atoms with E-state index in [-0.39, 0.29) is 18.0 Å². The summed E-state index contributed by atoms with van der Waals surface area (Å²) in [5.41, 5.74) is 0. The molecule has 3 amide bonds. The fraction of sp³-hybridized carbons (Fsp3) is 0.867. The molecule has 6 heteroatoms. The third kappa shape index (κ3) is 5.09. The van der Waals surface area contributed by atoms with Crippen LogP contribution in [0.25, 0.3) is 0 Å². The number of urea groups is 1. The minimum atomic E-state index is -0.0279. The van der Waals surface area contributed by atoms with Gasteiger partial charge in [0.2, 0.25) is 5.91 Å². The van der Waals surface area contributed by atoms with E-state index >= 15 is 0 Å². The first-order valence-electron chi connectivity index (χ1n) is 8.01. The zero-order valence-corrected chi connectivity index (χ0v) is 13.8. The van der Waals surface area contributed by atoms with Crippen LogP contribution in [-0.2, 0) is 4.79 Å². The average Bonchev–Trinajstić information content (AvgIpc) is 2.94. The zero-order chi connectivity index (χ0) is 15.2. The molecule has 2 rings (SSSR count). The van der Waals surface area contributed by atoms with Crippen LogP contribution in [0.1, 0.15) is 46.0 Å². The summed E-state index contributed by atoms with van der Waals surface area (Å²) in [6.07, 6.45) is 4.72. The van der Waals surface area contributed by atoms with E-state index in [0.29, 0.717) is 23.6 Å². The molecule has 0 spiro atoms. The van der Waals surface area contributed by atoms with Gasteiger partial charge >= 0.3 is 6.03 Å². The summed E-state index contributed by atoms with van der Waals surface area (Å²) >= 11 is 1.93. The van der Waals surface area contributed by atoms with Crippen LogP contribution in [0.15, 0.2) is 0 Å². The van der Waals surface area contributed by atoms with Gasteiger partial charge in [0.05, 0.1) is 12.1 Å². The van der Waals surface area contributed by atoms with Crippen LogP contribution < -0.4 is 16.0 Å². The minimum Gasteiger partial charge on any atom is -0.356 e. The predicted molar refractivity (Wildman–Crippen MR) is 86.4 cm³/mol. The van der Waals surface area contributed by atoms with Gasteiger partial charge in [-0.15, -0.1) is 0 Å². The van der Waals surface area contributed by atoms with Gasteiger partial charge in [0.25, 0.3) is 0 Å². The van der Waals surface area contributed by atoms with Gasteiger partial charge in [-0.25, -0.2) is 4.79 Å². The molecule has 120 valence electrons. The molecule has 0 aromatic heterocycles. The first-order valence-corrected chi connectivity index (χ1v) is 9.06. The number of carbonyl (C=O) groups excluding carboxylic acids is 2. The highest BCUT2D eigenvalue weighted by molar-refractivity contribution is 8.00. The molecule has 0 radical (unpaired) electrons. The molecule has 2 saturated heterocycles. The number of hydrogen-bond acceptors (Lipinski definition) is 3. The van der Waals surface area contributed by atoms with Crippen LogP contribution in [0.4, 0.5) is 4.79 Å². The van der Waals surface area contributed by atoms with E-state index in [1.807, 2.05) is 11.8 Å². The van der Waals surface area contributed by atoms with E-state index in [1.165, 1.54) is 0 Å². The maximum absolute atomic E-state index is 11.7. The summed E-state index contributed by atoms with van der Waals surface area (Å²) in [7, 11) is 0. The normalized spacial score (nSPS) is 27.4. The lowest BCUT2D eigenvalue weighted by atomic mass is 10.0. The summed E-state index contributed by atoms with van der Waals surface area (Å²) in [4.78, 5) is 22.9. The van der Waals surface area contributed by atoms with Crippen molar-refractivity contribution in [2.75, 3.05) is 12.3 Å². The van der Waals surface area contributed by atoms with Crippen molar-refractivity contribution in [3.8, 4) is 0 Å². The Morgan fingerprint density at radius 1 is 1.38 bits per heavy atom. The first-order chi connectivity index (χ1) is 10.1. The maximum atomic E-state index is 11.7. The standard InChI is InChI=1S/C15H27N3O2S/c1-10(2)7-8-16-13(19)6-4-3-5-12-14-11(9-21-12)17-15(20)18-14/h10-12,14H,3-9H2,1-2H3,(H,16,19)(H2,17,18,20)/t11-,12-,14-/m0/s1. The van der Waals surface area contributed by atoms with Crippen LogP contribution in [-0.4, -0.2) is 41.6 Å². The van der Waals surface area contributed by atoms with Crippen molar-refractivity contribution in [1.82, 2.24) is 16.0 Å². The molecule has 2 aliphatic heterocycles. The molecule has 3 N–H and O–H groups in total. The number of carbonyl (C=O) groups is 2. The Labute approximate surface area is 131 Å². The molecule has 5 nitrogen and oxygen atoms in total. The van der Waals surface area contributed by atoms with Crippen molar-refractivity contribution in [3.63, 3.8) is 0 Å². The zero-order valence-electron chi connectivity index (χ0n) is 13.0. The molecule has 0 aliphatic carbocycles. The van der Waals surface area contributed by atoms with Crippen molar-refractivity contribution >= 4 is 23.7 Å². The number of hydrogen-bond donors (Lipinski definition) is 3. The summed E-state index contributed by atoms with van der Waals surface area (Å²) < 4.78 is 0. The van der Waals surface area contributed by atoms with Gasteiger partial charge in [-0.3, -0.25) is 4.79 Å². The quantitative estimate of drug-likeness (QED) is 0.473. The number of fused-ring (bicyclic) bond motifs is 1. The molecule has 0 saturated carbocycles. The number of unbranched alkanes of at least 4 members (excludes halogenated alkanes) is 1. The molecule has 0 aromatic rings. The Morgan fingerprint density at radius 2 is 2.19 bits per heavy atom. The van der Waals surface area contributed by atoms with E-state index in [1.54, 1.807) is 0 Å². The van der Waals surface area contributed by atoms with Crippen LogP contribution in [0.2, 0.25) is 0 Å². The summed E-state index contributed by atoms with van der Waals surface area (Å²) in [5.74, 6) is 1.81. The third-order valence-corrected chi connectivity index (χ3v) is 5.63. The lowest BCUT2D eigenvalue weighted by molar-refractivity contribution is -0.121. The largest absolute Gasteiger partial charge is 0.356 e. The van der Waals surface area contributed by atoms with Crippen molar-refractivity contribution in [2.24, 2.45) is 5.92 Å². The number of amides is 3. The molecule has 3 atom stereocenters. The Hall–Kier alpha value is -0.910. The Balaban J connectivity index is 1.54. The van der Waals surface area contributed by atoms with Gasteiger partial charge in [-0.2, -0.15) is 11.8 Å². The van der Waals surface area contributed by atoms with Gasteiger partial charge in [0.15, 0.2) is 0 Å². The second-order valence-electron chi connectivity index (χ2n) is 6.40. The number of thioether (sulfide) groups is 1. The molecule has 2 fully saturated rings. The Kier molecular flexibility index (Phi) is 6.21. The van der Waals surface area contributed by atoms with Gasteiger partial charge < -0.3 is 16.0 Å². The van der Waals surface area contributed by atoms with Crippen molar-refractivity contribution in [3.05, 3.63) is 0 Å². The second kappa shape index (κ2) is 7.92. The lowest BCUT2D eigenvalue weighted by Crippen LogP contribution is -2.36. The van der Waals surface area contributed by atoms with Crippen LogP contribution >= 0.6 is 11.8 Å². The van der Waals surface area contributed by atoms with Crippen molar-refractivity contribution < 1.29 is 9.59 Å². The first kappa shape index (κ1) is 16.5. The second-order valence-corrected chi connectivity index (χ2v) is 7.67. The van der Waals surface area contributed by atoms with Gasteiger partial charge in [-0.05, 0) is 25.2 Å². The Bertz CT molecular complexity index is 376. The van der Waals surface area contributed by atoms with E-state index in [0.717, 1.165) is 38.0 Å². The monoisotopic (exact) mass is 313 g/mol. The molecule has 0 aromatic carbocycles. The van der Waals surface area contributed by atoms with Gasteiger partial charge in [0.1, 0.15) is 0 Å². The fourth-order valence-corrected chi connectivity index (χ4v) is 4.41. The molecular formula is C15H27N3O2S. The number of rotatable bonds is 8. The summed E-state index contributed by atoms with van der Waals surface area (Å²) in [5, 5.41) is 9.43. The van der Waals surface area contributed by atoms with E-state index in [4.69, 9.17) is 0 Å². The molecule has 2 aliphatic rings. The fourth-order valence-electron chi connectivity index (χ4n) is 2.86. The smallest absolute Gasteiger partial charge is 0.315 e. The molecule has 21 heavy (non-hydrogen) atoms. The number of nitrogens with one attached hydrogen (secondary N) is 3. The lowest BCUT2D eigenvalue weighted by Gasteiger charge is -2.16. The van der Waals surface area contributed by atoms with Crippen molar-refractivity contribution in [2.45, 2.75) is 63.3 Å². The molecule has 2 heterocycles. The topological polar surface area (TPSA) is 70.2 Å². The van der Waals surface area contributed by atoms with E-state index in [9.17, 15) is 9.59 Å². The summed E-state index contributed by atoms with van der Waals surface area (Å²) in [6, 6.07) is 0.550. The third-order valence-electron chi connectivity index (χ3n) is 4.12. The minimum absolute atomic E-state index is 0.0279. The van der Waals surface area contributed by atoms with E-state index < -0.39 is 0 Å². The molecule has 0 bridgehead atoms. The molecular weight excluding hydrogens is 286 g/mol. The SMILES string of the molecule is CC(C)CCNC(=O)CCCC[C@@H]1SC[C@@H]2NC(=O)N[C@@H]21. The molecule has 0 unspecified atom stereocenters. The van der Waals surface area contributed by atoms with Gasteiger partial charge in [-0.1, -0.05) is 20.3 Å². The highest BCUT2D eigenvalue weighted by Gasteiger charge is 2.42. The highest BCUT2D eigenvalue weighted by atomic mass is 32.2. The van der Waals surface area contributed by atoms with E-state index in [2.05, 4.69) is 29.8 Å². The highest BCUT2D eigenvalue weighted by Crippen LogP contribution is 2.33. The van der Waals surface area contributed by atoms with Crippen LogP contribution in [0.3, 0.4) is 0 Å². The maximum Gasteiger partial charge on any atom is 0.315 e.